The Hall–Kier alpha value is -0.380. The van der Waals surface area contributed by atoms with Crippen LogP contribution in [-0.2, 0) is 9.59 Å². The number of ketones is 1. The van der Waals surface area contributed by atoms with Gasteiger partial charge in [0.2, 0.25) is 5.91 Å². The first-order chi connectivity index (χ1) is 7.11. The Bertz CT molecular complexity index is 251. The van der Waals surface area contributed by atoms with E-state index < -0.39 is 5.92 Å². The Morgan fingerprint density at radius 2 is 2.00 bits per heavy atom. The van der Waals surface area contributed by atoms with Crippen LogP contribution in [0.5, 0.6) is 0 Å². The number of nitrogens with zero attached hydrogens (tertiary/aromatic N) is 1. The van der Waals surface area contributed by atoms with Gasteiger partial charge in [-0.3, -0.25) is 9.59 Å². The second-order valence-electron chi connectivity index (χ2n) is 3.86. The summed E-state index contributed by atoms with van der Waals surface area (Å²) in [6, 6.07) is 0. The second-order valence-corrected chi connectivity index (χ2v) is 4.97. The van der Waals surface area contributed by atoms with Gasteiger partial charge in [-0.15, -0.1) is 0 Å². The molecule has 0 aliphatic heterocycles. The summed E-state index contributed by atoms with van der Waals surface area (Å²) < 4.78 is 0. The maximum Gasteiger partial charge on any atom is 0.233 e. The molecule has 2 unspecified atom stereocenters. The molecule has 4 heteroatoms. The van der Waals surface area contributed by atoms with E-state index in [1.165, 1.54) is 0 Å². The van der Waals surface area contributed by atoms with E-state index in [1.54, 1.807) is 4.90 Å². The molecule has 0 aromatic heterocycles. The molecule has 1 amide bonds. The first-order valence-electron chi connectivity index (χ1n) is 5.58. The summed E-state index contributed by atoms with van der Waals surface area (Å²) in [5.74, 6) is -0.324. The fourth-order valence-electron chi connectivity index (χ4n) is 2.00. The minimum absolute atomic E-state index is 0.00847. The van der Waals surface area contributed by atoms with Crippen molar-refractivity contribution >= 4 is 27.6 Å². The Morgan fingerprint density at radius 1 is 1.40 bits per heavy atom. The van der Waals surface area contributed by atoms with Crippen LogP contribution in [0.1, 0.15) is 33.1 Å². The third kappa shape index (κ3) is 2.80. The van der Waals surface area contributed by atoms with Gasteiger partial charge in [0.05, 0.1) is 10.7 Å². The average Bonchev–Trinajstić information content (AvgIpc) is 2.23. The van der Waals surface area contributed by atoms with Crippen molar-refractivity contribution in [3.63, 3.8) is 0 Å². The Labute approximate surface area is 99.3 Å². The van der Waals surface area contributed by atoms with Gasteiger partial charge in [0.15, 0.2) is 5.78 Å². The lowest BCUT2D eigenvalue weighted by molar-refractivity contribution is -0.142. The minimum Gasteiger partial charge on any atom is -0.343 e. The molecule has 1 rings (SSSR count). The van der Waals surface area contributed by atoms with Crippen molar-refractivity contribution in [2.45, 2.75) is 37.9 Å². The van der Waals surface area contributed by atoms with Gasteiger partial charge >= 0.3 is 0 Å². The normalized spacial score (nSPS) is 26.5. The van der Waals surface area contributed by atoms with Gasteiger partial charge < -0.3 is 4.90 Å². The summed E-state index contributed by atoms with van der Waals surface area (Å²) in [5, 5.41) is 0. The largest absolute Gasteiger partial charge is 0.343 e. The lowest BCUT2D eigenvalue weighted by Gasteiger charge is -2.28. The fraction of sp³-hybridized carbons (Fsp3) is 0.818. The number of carbonyl (C=O) groups excluding carboxylic acids is 2. The number of carbonyl (C=O) groups is 2. The van der Waals surface area contributed by atoms with E-state index in [9.17, 15) is 9.59 Å². The summed E-state index contributed by atoms with van der Waals surface area (Å²) in [6.07, 6.45) is 2.54. The standard InChI is InChI=1S/C11H18BrNO2/c1-3-13(4-2)11(15)8-6-5-7-9(12)10(8)14/h8-9H,3-7H2,1-2H3. The van der Waals surface area contributed by atoms with E-state index >= 15 is 0 Å². The highest BCUT2D eigenvalue weighted by molar-refractivity contribution is 9.10. The van der Waals surface area contributed by atoms with Gasteiger partial charge in [0.1, 0.15) is 0 Å². The molecule has 15 heavy (non-hydrogen) atoms. The molecule has 2 atom stereocenters. The van der Waals surface area contributed by atoms with Gasteiger partial charge in [-0.2, -0.15) is 0 Å². The monoisotopic (exact) mass is 275 g/mol. The number of rotatable bonds is 3. The molecule has 0 aromatic rings. The van der Waals surface area contributed by atoms with E-state index in [-0.39, 0.29) is 16.5 Å². The van der Waals surface area contributed by atoms with E-state index in [1.807, 2.05) is 13.8 Å². The highest BCUT2D eigenvalue weighted by Crippen LogP contribution is 2.27. The zero-order valence-electron chi connectivity index (χ0n) is 9.33. The van der Waals surface area contributed by atoms with E-state index in [2.05, 4.69) is 15.9 Å². The molecular weight excluding hydrogens is 258 g/mol. The lowest BCUT2D eigenvalue weighted by Crippen LogP contribution is -2.43. The summed E-state index contributed by atoms with van der Waals surface area (Å²) in [5.41, 5.74) is 0. The molecule has 0 N–H and O–H groups in total. The highest BCUT2D eigenvalue weighted by atomic mass is 79.9. The molecule has 0 spiro atoms. The van der Waals surface area contributed by atoms with Gasteiger partial charge in [0, 0.05) is 13.1 Å². The third-order valence-corrected chi connectivity index (χ3v) is 3.88. The number of alkyl halides is 1. The Kier molecular flexibility index (Phi) is 4.77. The number of halogens is 1. The van der Waals surface area contributed by atoms with Crippen molar-refractivity contribution in [1.82, 2.24) is 4.90 Å². The summed E-state index contributed by atoms with van der Waals surface area (Å²) in [4.78, 5) is 25.4. The van der Waals surface area contributed by atoms with E-state index in [0.29, 0.717) is 13.1 Å². The zero-order chi connectivity index (χ0) is 11.4. The van der Waals surface area contributed by atoms with Crippen LogP contribution in [0.25, 0.3) is 0 Å². The van der Waals surface area contributed by atoms with Crippen molar-refractivity contribution in [2.24, 2.45) is 5.92 Å². The van der Waals surface area contributed by atoms with Crippen molar-refractivity contribution < 1.29 is 9.59 Å². The molecule has 1 aliphatic carbocycles. The quantitative estimate of drug-likeness (QED) is 0.584. The van der Waals surface area contributed by atoms with Crippen LogP contribution in [-0.4, -0.2) is 34.5 Å². The Morgan fingerprint density at radius 3 is 2.53 bits per heavy atom. The molecule has 1 fully saturated rings. The van der Waals surface area contributed by atoms with Crippen LogP contribution in [0.3, 0.4) is 0 Å². The molecule has 3 nitrogen and oxygen atoms in total. The molecular formula is C11H18BrNO2. The Balaban J connectivity index is 2.69. The first kappa shape index (κ1) is 12.7. The minimum atomic E-state index is -0.400. The average molecular weight is 276 g/mol. The molecule has 1 aliphatic rings. The van der Waals surface area contributed by atoms with Crippen LogP contribution in [0.15, 0.2) is 0 Å². The van der Waals surface area contributed by atoms with Gasteiger partial charge in [-0.1, -0.05) is 22.4 Å². The predicted octanol–water partition coefficient (Wildman–Crippen LogP) is 1.99. The number of amides is 1. The van der Waals surface area contributed by atoms with Crippen LogP contribution in [0, 0.1) is 5.92 Å². The molecule has 86 valence electrons. The van der Waals surface area contributed by atoms with Crippen molar-refractivity contribution in [3.05, 3.63) is 0 Å². The molecule has 0 saturated heterocycles. The second kappa shape index (κ2) is 5.64. The first-order valence-corrected chi connectivity index (χ1v) is 6.49. The lowest BCUT2D eigenvalue weighted by atomic mass is 9.87. The summed E-state index contributed by atoms with van der Waals surface area (Å²) in [6.45, 7) is 5.26. The highest BCUT2D eigenvalue weighted by Gasteiger charge is 2.35. The van der Waals surface area contributed by atoms with Crippen LogP contribution in [0.2, 0.25) is 0 Å². The smallest absolute Gasteiger partial charge is 0.233 e. The topological polar surface area (TPSA) is 37.4 Å². The number of Topliss-reactive ketones (excluding diaryl/α,β-unsaturated/α-hetero) is 1. The van der Waals surface area contributed by atoms with Crippen molar-refractivity contribution in [1.29, 1.82) is 0 Å². The SMILES string of the molecule is CCN(CC)C(=O)C1CCCC(Br)C1=O. The third-order valence-electron chi connectivity index (χ3n) is 2.98. The van der Waals surface area contributed by atoms with E-state index in [0.717, 1.165) is 19.3 Å². The fourth-order valence-corrected chi connectivity index (χ4v) is 2.65. The van der Waals surface area contributed by atoms with Gasteiger partial charge in [-0.05, 0) is 26.7 Å². The van der Waals surface area contributed by atoms with Crippen molar-refractivity contribution in [2.75, 3.05) is 13.1 Å². The van der Waals surface area contributed by atoms with Crippen LogP contribution in [0.4, 0.5) is 0 Å². The summed E-state index contributed by atoms with van der Waals surface area (Å²) >= 11 is 3.34. The molecule has 0 heterocycles. The summed E-state index contributed by atoms with van der Waals surface area (Å²) in [7, 11) is 0. The predicted molar refractivity (Wildman–Crippen MR) is 63.0 cm³/mol. The van der Waals surface area contributed by atoms with Gasteiger partial charge in [0.25, 0.3) is 0 Å². The maximum atomic E-state index is 12.0. The van der Waals surface area contributed by atoms with Crippen LogP contribution < -0.4 is 0 Å². The number of hydrogen-bond donors (Lipinski definition) is 0. The molecule has 1 saturated carbocycles. The molecule has 0 radical (unpaired) electrons. The molecule has 0 aromatic carbocycles. The molecule has 0 bridgehead atoms. The van der Waals surface area contributed by atoms with Crippen molar-refractivity contribution in [3.8, 4) is 0 Å². The van der Waals surface area contributed by atoms with Gasteiger partial charge in [-0.25, -0.2) is 0 Å². The van der Waals surface area contributed by atoms with Crippen LogP contribution >= 0.6 is 15.9 Å². The van der Waals surface area contributed by atoms with E-state index in [4.69, 9.17) is 0 Å². The zero-order valence-corrected chi connectivity index (χ0v) is 10.9. The maximum absolute atomic E-state index is 12.0. The number of hydrogen-bond acceptors (Lipinski definition) is 2.